The molecule has 0 aliphatic carbocycles. The molecule has 0 aromatic carbocycles. The minimum Gasteiger partial charge on any atom is -0.462 e. The van der Waals surface area contributed by atoms with E-state index < -0.39 is 0 Å². The lowest BCUT2D eigenvalue weighted by atomic mass is 10.0. The number of nitrogens with zero attached hydrogens (tertiary/aromatic N) is 4. The first-order valence-corrected chi connectivity index (χ1v) is 6.31. The zero-order valence-electron chi connectivity index (χ0n) is 9.57. The van der Waals surface area contributed by atoms with Crippen LogP contribution in [0.1, 0.15) is 19.3 Å². The molecule has 0 bridgehead atoms. The molecule has 1 aliphatic rings. The van der Waals surface area contributed by atoms with Crippen molar-refractivity contribution in [1.29, 1.82) is 0 Å². The molecule has 1 fully saturated rings. The summed E-state index contributed by atoms with van der Waals surface area (Å²) in [7, 11) is 2.10. The van der Waals surface area contributed by atoms with Crippen LogP contribution in [0.4, 0.5) is 0 Å². The minimum absolute atomic E-state index is 0.0528. The predicted molar refractivity (Wildman–Crippen MR) is 65.6 cm³/mol. The Morgan fingerprint density at radius 3 is 2.59 bits per heavy atom. The van der Waals surface area contributed by atoms with Crippen LogP contribution >= 0.6 is 23.2 Å². The van der Waals surface area contributed by atoms with Gasteiger partial charge in [0, 0.05) is 6.04 Å². The first-order valence-electron chi connectivity index (χ1n) is 5.55. The molecule has 1 aromatic rings. The highest BCUT2D eigenvalue weighted by atomic mass is 35.5. The molecular weight excluding hydrogens is 263 g/mol. The molecule has 7 heteroatoms. The third-order valence-electron chi connectivity index (χ3n) is 2.89. The first kappa shape index (κ1) is 12.8. The Kier molecular flexibility index (Phi) is 4.36. The molecule has 0 saturated carbocycles. The molecular formula is C10H14Cl2N4O. The summed E-state index contributed by atoms with van der Waals surface area (Å²) in [6.07, 6.45) is 3.61. The summed E-state index contributed by atoms with van der Waals surface area (Å²) in [6.45, 7) is 1.65. The Bertz CT molecular complexity index is 370. The number of halogens is 2. The third kappa shape index (κ3) is 3.66. The van der Waals surface area contributed by atoms with Crippen molar-refractivity contribution >= 4 is 23.2 Å². The maximum atomic E-state index is 5.66. The molecule has 1 atom stereocenters. The van der Waals surface area contributed by atoms with E-state index in [2.05, 4.69) is 26.9 Å². The maximum absolute atomic E-state index is 5.66. The van der Waals surface area contributed by atoms with Crippen molar-refractivity contribution in [1.82, 2.24) is 19.9 Å². The van der Waals surface area contributed by atoms with E-state index in [9.17, 15) is 0 Å². The van der Waals surface area contributed by atoms with Gasteiger partial charge in [-0.25, -0.2) is 0 Å². The third-order valence-corrected chi connectivity index (χ3v) is 3.22. The fourth-order valence-corrected chi connectivity index (χ4v) is 2.25. The van der Waals surface area contributed by atoms with Crippen molar-refractivity contribution in [3.8, 4) is 6.01 Å². The number of likely N-dealkylation sites (N-methyl/N-ethyl adjacent to an activating group) is 1. The van der Waals surface area contributed by atoms with E-state index in [0.717, 1.165) is 13.0 Å². The van der Waals surface area contributed by atoms with Gasteiger partial charge >= 0.3 is 6.01 Å². The lowest BCUT2D eigenvalue weighted by Gasteiger charge is -2.31. The highest BCUT2D eigenvalue weighted by Gasteiger charge is 2.20. The Balaban J connectivity index is 1.92. The number of likely N-dealkylation sites (tertiary alicyclic amines) is 1. The van der Waals surface area contributed by atoms with Crippen LogP contribution in [0.3, 0.4) is 0 Å². The smallest absolute Gasteiger partial charge is 0.322 e. The van der Waals surface area contributed by atoms with E-state index in [4.69, 9.17) is 27.9 Å². The number of hydrogen-bond donors (Lipinski definition) is 0. The van der Waals surface area contributed by atoms with Crippen LogP contribution in [0.2, 0.25) is 10.6 Å². The monoisotopic (exact) mass is 276 g/mol. The van der Waals surface area contributed by atoms with Crippen molar-refractivity contribution in [2.45, 2.75) is 25.3 Å². The van der Waals surface area contributed by atoms with Gasteiger partial charge in [-0.1, -0.05) is 6.42 Å². The van der Waals surface area contributed by atoms with Gasteiger partial charge in [0.2, 0.25) is 10.6 Å². The predicted octanol–water partition coefficient (Wildman–Crippen LogP) is 2.04. The number of rotatable bonds is 3. The van der Waals surface area contributed by atoms with E-state index >= 15 is 0 Å². The quantitative estimate of drug-likeness (QED) is 0.846. The Morgan fingerprint density at radius 2 is 1.94 bits per heavy atom. The van der Waals surface area contributed by atoms with E-state index in [-0.39, 0.29) is 16.6 Å². The van der Waals surface area contributed by atoms with Gasteiger partial charge in [-0.2, -0.15) is 15.0 Å². The Labute approximate surface area is 110 Å². The van der Waals surface area contributed by atoms with Gasteiger partial charge in [-0.15, -0.1) is 0 Å². The summed E-state index contributed by atoms with van der Waals surface area (Å²) in [5, 5.41) is 0.106. The van der Waals surface area contributed by atoms with Gasteiger partial charge in [0.05, 0.1) is 0 Å². The highest BCUT2D eigenvalue weighted by molar-refractivity contribution is 6.31. The van der Waals surface area contributed by atoms with Crippen LogP contribution in [0.25, 0.3) is 0 Å². The number of ether oxygens (including phenoxy) is 1. The fraction of sp³-hybridized carbons (Fsp3) is 0.700. The second-order valence-corrected chi connectivity index (χ2v) is 4.77. The van der Waals surface area contributed by atoms with Crippen LogP contribution in [-0.4, -0.2) is 46.1 Å². The number of hydrogen-bond acceptors (Lipinski definition) is 5. The molecule has 1 unspecified atom stereocenters. The first-order chi connectivity index (χ1) is 8.15. The molecule has 2 rings (SSSR count). The summed E-state index contributed by atoms with van der Waals surface area (Å²) in [4.78, 5) is 13.7. The molecule has 94 valence electrons. The number of aromatic nitrogens is 3. The molecule has 1 saturated heterocycles. The van der Waals surface area contributed by atoms with Crippen molar-refractivity contribution < 1.29 is 4.74 Å². The van der Waals surface area contributed by atoms with Crippen molar-refractivity contribution in [3.63, 3.8) is 0 Å². The van der Waals surface area contributed by atoms with Gasteiger partial charge in [-0.3, -0.25) is 0 Å². The van der Waals surface area contributed by atoms with E-state index in [0.29, 0.717) is 12.6 Å². The summed E-state index contributed by atoms with van der Waals surface area (Å²) < 4.78 is 5.50. The molecule has 1 aromatic heterocycles. The molecule has 0 N–H and O–H groups in total. The fourth-order valence-electron chi connectivity index (χ4n) is 1.90. The molecule has 5 nitrogen and oxygen atoms in total. The summed E-state index contributed by atoms with van der Waals surface area (Å²) >= 11 is 11.3. The molecule has 0 spiro atoms. The zero-order chi connectivity index (χ0) is 12.3. The van der Waals surface area contributed by atoms with Crippen LogP contribution in [0.5, 0.6) is 6.01 Å². The van der Waals surface area contributed by atoms with Crippen molar-refractivity contribution in [3.05, 3.63) is 10.6 Å². The van der Waals surface area contributed by atoms with Crippen LogP contribution < -0.4 is 4.74 Å². The summed E-state index contributed by atoms with van der Waals surface area (Å²) in [5.41, 5.74) is 0. The average Bonchev–Trinajstić information content (AvgIpc) is 2.27. The second-order valence-electron chi connectivity index (χ2n) is 4.10. The lowest BCUT2D eigenvalue weighted by molar-refractivity contribution is 0.119. The largest absolute Gasteiger partial charge is 0.462 e. The minimum atomic E-state index is 0.0528. The van der Waals surface area contributed by atoms with E-state index in [1.807, 2.05) is 0 Å². The maximum Gasteiger partial charge on any atom is 0.322 e. The van der Waals surface area contributed by atoms with Crippen molar-refractivity contribution in [2.24, 2.45) is 0 Å². The molecule has 1 aliphatic heterocycles. The molecule has 0 radical (unpaired) electrons. The topological polar surface area (TPSA) is 51.1 Å². The van der Waals surface area contributed by atoms with Gasteiger partial charge < -0.3 is 9.64 Å². The normalized spacial score (nSPS) is 21.5. The van der Waals surface area contributed by atoms with Crippen LogP contribution in [-0.2, 0) is 0 Å². The summed E-state index contributed by atoms with van der Waals surface area (Å²) in [5.74, 6) is 0. The van der Waals surface area contributed by atoms with E-state index in [1.165, 1.54) is 12.8 Å². The second kappa shape index (κ2) is 5.80. The van der Waals surface area contributed by atoms with Gasteiger partial charge in [0.15, 0.2) is 0 Å². The van der Waals surface area contributed by atoms with Gasteiger partial charge in [-0.05, 0) is 49.6 Å². The van der Waals surface area contributed by atoms with Gasteiger partial charge in [0.1, 0.15) is 6.61 Å². The molecule has 17 heavy (non-hydrogen) atoms. The Morgan fingerprint density at radius 1 is 1.24 bits per heavy atom. The standard InChI is InChI=1S/C10H14Cl2N4O/c1-16-5-3-2-4-7(16)6-17-10-14-8(11)13-9(12)15-10/h7H,2-6H2,1H3. The molecule has 2 heterocycles. The van der Waals surface area contributed by atoms with Gasteiger partial charge in [0.25, 0.3) is 0 Å². The van der Waals surface area contributed by atoms with Crippen molar-refractivity contribution in [2.75, 3.05) is 20.2 Å². The number of piperidine rings is 1. The van der Waals surface area contributed by atoms with E-state index in [1.54, 1.807) is 0 Å². The average molecular weight is 277 g/mol. The van der Waals surface area contributed by atoms with Crippen LogP contribution in [0.15, 0.2) is 0 Å². The lowest BCUT2D eigenvalue weighted by Crippen LogP contribution is -2.40. The van der Waals surface area contributed by atoms with Crippen LogP contribution in [0, 0.1) is 0 Å². The summed E-state index contributed by atoms with van der Waals surface area (Å²) in [6, 6.07) is 0.590. The SMILES string of the molecule is CN1CCCCC1COc1nc(Cl)nc(Cl)n1. The zero-order valence-corrected chi connectivity index (χ0v) is 11.1. The Hall–Kier alpha value is -0.650. The molecule has 0 amide bonds. The highest BCUT2D eigenvalue weighted by Crippen LogP contribution is 2.17.